The van der Waals surface area contributed by atoms with E-state index in [1.165, 1.54) is 5.56 Å². The van der Waals surface area contributed by atoms with E-state index in [1.807, 2.05) is 38.1 Å². The minimum absolute atomic E-state index is 0.0109. The van der Waals surface area contributed by atoms with Gasteiger partial charge in [-0.1, -0.05) is 31.2 Å². The lowest BCUT2D eigenvalue weighted by Crippen LogP contribution is -2.39. The minimum atomic E-state index is -0.879. The monoisotopic (exact) mass is 277 g/mol. The number of nitrogens with zero attached hydrogens (tertiary/aromatic N) is 1. The molecule has 0 unspecified atom stereocenters. The zero-order valence-electron chi connectivity index (χ0n) is 12.4. The van der Waals surface area contributed by atoms with Crippen molar-refractivity contribution in [1.82, 2.24) is 4.90 Å². The summed E-state index contributed by atoms with van der Waals surface area (Å²) in [6, 6.07) is 8.00. The van der Waals surface area contributed by atoms with Gasteiger partial charge in [-0.15, -0.1) is 0 Å². The van der Waals surface area contributed by atoms with Gasteiger partial charge in [0, 0.05) is 12.6 Å². The van der Waals surface area contributed by atoms with Crippen LogP contribution in [0.5, 0.6) is 0 Å². The molecule has 0 aliphatic carbocycles. The van der Waals surface area contributed by atoms with Crippen molar-refractivity contribution in [3.05, 3.63) is 35.4 Å². The fraction of sp³-hybridized carbons (Fsp3) is 0.500. The first-order chi connectivity index (χ1) is 9.43. The molecule has 0 saturated carbocycles. The second-order valence-electron chi connectivity index (χ2n) is 5.17. The van der Waals surface area contributed by atoms with E-state index in [1.54, 1.807) is 4.90 Å². The lowest BCUT2D eigenvalue weighted by atomic mass is 10.1. The fourth-order valence-electron chi connectivity index (χ4n) is 2.06. The van der Waals surface area contributed by atoms with Crippen molar-refractivity contribution in [2.45, 2.75) is 46.1 Å². The van der Waals surface area contributed by atoms with Crippen molar-refractivity contribution >= 4 is 11.9 Å². The molecular weight excluding hydrogens is 254 g/mol. The quantitative estimate of drug-likeness (QED) is 0.833. The Morgan fingerprint density at radius 3 is 2.15 bits per heavy atom. The maximum atomic E-state index is 12.3. The third kappa shape index (κ3) is 5.03. The smallest absolute Gasteiger partial charge is 0.305 e. The number of hydrogen-bond donors (Lipinski definition) is 1. The van der Waals surface area contributed by atoms with Crippen LogP contribution in [0.4, 0.5) is 0 Å². The van der Waals surface area contributed by atoms with Gasteiger partial charge in [0.1, 0.15) is 0 Å². The second-order valence-corrected chi connectivity index (χ2v) is 5.17. The standard InChI is InChI=1S/C16H23NO3/c1-4-13-5-7-14(8-6-13)11-15(18)17(12(2)3)10-9-16(19)20/h5-8,12H,4,9-11H2,1-3H3,(H,19,20). The molecule has 4 heteroatoms. The number of carbonyl (C=O) groups is 2. The van der Waals surface area contributed by atoms with E-state index in [4.69, 9.17) is 5.11 Å². The zero-order chi connectivity index (χ0) is 15.1. The molecule has 1 aromatic rings. The van der Waals surface area contributed by atoms with Crippen molar-refractivity contribution in [2.75, 3.05) is 6.54 Å². The maximum absolute atomic E-state index is 12.3. The summed E-state index contributed by atoms with van der Waals surface area (Å²) in [5, 5.41) is 8.74. The van der Waals surface area contributed by atoms with Crippen molar-refractivity contribution in [3.63, 3.8) is 0 Å². The van der Waals surface area contributed by atoms with E-state index in [0.29, 0.717) is 6.42 Å². The van der Waals surface area contributed by atoms with Gasteiger partial charge in [0.15, 0.2) is 0 Å². The Bertz CT molecular complexity index is 451. The highest BCUT2D eigenvalue weighted by molar-refractivity contribution is 5.79. The second kappa shape index (κ2) is 7.68. The highest BCUT2D eigenvalue weighted by Gasteiger charge is 2.18. The van der Waals surface area contributed by atoms with Gasteiger partial charge >= 0.3 is 5.97 Å². The van der Waals surface area contributed by atoms with Crippen molar-refractivity contribution in [2.24, 2.45) is 0 Å². The summed E-state index contributed by atoms with van der Waals surface area (Å²) in [6.45, 7) is 6.16. The summed E-state index contributed by atoms with van der Waals surface area (Å²) in [5.41, 5.74) is 2.21. The molecule has 4 nitrogen and oxygen atoms in total. The number of carboxylic acids is 1. The number of benzene rings is 1. The molecule has 0 bridgehead atoms. The van der Waals surface area contributed by atoms with Gasteiger partial charge in [-0.05, 0) is 31.4 Å². The Balaban J connectivity index is 2.66. The van der Waals surface area contributed by atoms with Crippen LogP contribution in [0.3, 0.4) is 0 Å². The summed E-state index contributed by atoms with van der Waals surface area (Å²) >= 11 is 0. The molecule has 0 radical (unpaired) electrons. The molecule has 1 aromatic carbocycles. The molecular formula is C16H23NO3. The average molecular weight is 277 g/mol. The molecule has 0 saturated heterocycles. The van der Waals surface area contributed by atoms with Crippen LogP contribution in [-0.2, 0) is 22.4 Å². The van der Waals surface area contributed by atoms with Crippen LogP contribution in [0.1, 0.15) is 38.3 Å². The van der Waals surface area contributed by atoms with Gasteiger partial charge in [-0.3, -0.25) is 9.59 Å². The Kier molecular flexibility index (Phi) is 6.22. The molecule has 0 aliphatic heterocycles. The summed E-state index contributed by atoms with van der Waals surface area (Å²) in [6.07, 6.45) is 1.28. The predicted molar refractivity (Wildman–Crippen MR) is 78.6 cm³/mol. The summed E-state index contributed by atoms with van der Waals surface area (Å²) in [5.74, 6) is -0.902. The van der Waals surface area contributed by atoms with E-state index in [0.717, 1.165) is 12.0 Å². The van der Waals surface area contributed by atoms with Gasteiger partial charge in [-0.2, -0.15) is 0 Å². The molecule has 0 heterocycles. The van der Waals surface area contributed by atoms with Crippen LogP contribution in [0.2, 0.25) is 0 Å². The van der Waals surface area contributed by atoms with Crippen molar-refractivity contribution < 1.29 is 14.7 Å². The fourth-order valence-corrected chi connectivity index (χ4v) is 2.06. The molecule has 0 spiro atoms. The van der Waals surface area contributed by atoms with E-state index >= 15 is 0 Å². The first-order valence-electron chi connectivity index (χ1n) is 7.03. The molecule has 0 aromatic heterocycles. The predicted octanol–water partition coefficient (Wildman–Crippen LogP) is 2.50. The summed E-state index contributed by atoms with van der Waals surface area (Å²) in [4.78, 5) is 24.5. The topological polar surface area (TPSA) is 57.6 Å². The normalized spacial score (nSPS) is 10.6. The summed E-state index contributed by atoms with van der Waals surface area (Å²) < 4.78 is 0. The lowest BCUT2D eigenvalue weighted by Gasteiger charge is -2.26. The molecule has 0 aliphatic rings. The molecule has 1 N–H and O–H groups in total. The molecule has 0 fully saturated rings. The highest BCUT2D eigenvalue weighted by atomic mass is 16.4. The number of hydrogen-bond acceptors (Lipinski definition) is 2. The van der Waals surface area contributed by atoms with Gasteiger partial charge < -0.3 is 10.0 Å². The Morgan fingerprint density at radius 1 is 1.15 bits per heavy atom. The number of amides is 1. The van der Waals surface area contributed by atoms with Crippen LogP contribution in [0.25, 0.3) is 0 Å². The average Bonchev–Trinajstić information content (AvgIpc) is 2.39. The Hall–Kier alpha value is -1.84. The zero-order valence-corrected chi connectivity index (χ0v) is 12.4. The van der Waals surface area contributed by atoms with Gasteiger partial charge in [0.05, 0.1) is 12.8 Å². The number of aryl methyl sites for hydroxylation is 1. The number of carboxylic acid groups (broad SMARTS) is 1. The van der Waals surface area contributed by atoms with E-state index in [2.05, 4.69) is 6.92 Å². The molecule has 20 heavy (non-hydrogen) atoms. The van der Waals surface area contributed by atoms with Crippen LogP contribution in [0.15, 0.2) is 24.3 Å². The number of aliphatic carboxylic acids is 1. The lowest BCUT2D eigenvalue weighted by molar-refractivity contribution is -0.139. The van der Waals surface area contributed by atoms with Crippen LogP contribution in [0, 0.1) is 0 Å². The van der Waals surface area contributed by atoms with Crippen LogP contribution >= 0.6 is 0 Å². The number of carbonyl (C=O) groups excluding carboxylic acids is 1. The SMILES string of the molecule is CCc1ccc(CC(=O)N(CCC(=O)O)C(C)C)cc1. The van der Waals surface area contributed by atoms with E-state index < -0.39 is 5.97 Å². The first-order valence-corrected chi connectivity index (χ1v) is 7.03. The molecule has 0 atom stereocenters. The highest BCUT2D eigenvalue weighted by Crippen LogP contribution is 2.09. The summed E-state index contributed by atoms with van der Waals surface area (Å²) in [7, 11) is 0. The van der Waals surface area contributed by atoms with Crippen LogP contribution < -0.4 is 0 Å². The number of rotatable bonds is 7. The van der Waals surface area contributed by atoms with Gasteiger partial charge in [0.2, 0.25) is 5.91 Å². The molecule has 1 rings (SSSR count). The Morgan fingerprint density at radius 2 is 1.70 bits per heavy atom. The largest absolute Gasteiger partial charge is 0.481 e. The van der Waals surface area contributed by atoms with E-state index in [9.17, 15) is 9.59 Å². The maximum Gasteiger partial charge on any atom is 0.305 e. The van der Waals surface area contributed by atoms with Crippen LogP contribution in [-0.4, -0.2) is 34.5 Å². The first kappa shape index (κ1) is 16.2. The molecule has 110 valence electrons. The Labute approximate surface area is 120 Å². The van der Waals surface area contributed by atoms with Crippen molar-refractivity contribution in [1.29, 1.82) is 0 Å². The van der Waals surface area contributed by atoms with Crippen molar-refractivity contribution in [3.8, 4) is 0 Å². The van der Waals surface area contributed by atoms with Gasteiger partial charge in [0.25, 0.3) is 0 Å². The third-order valence-electron chi connectivity index (χ3n) is 3.30. The molecule has 1 amide bonds. The third-order valence-corrected chi connectivity index (χ3v) is 3.30. The minimum Gasteiger partial charge on any atom is -0.481 e. The van der Waals surface area contributed by atoms with E-state index in [-0.39, 0.29) is 24.9 Å². The van der Waals surface area contributed by atoms with Gasteiger partial charge in [-0.25, -0.2) is 0 Å².